The Hall–Kier alpha value is -1.40. The van der Waals surface area contributed by atoms with Crippen molar-refractivity contribution in [2.24, 2.45) is 0 Å². The molecule has 0 heterocycles. The molecule has 0 aromatic carbocycles. The number of esters is 1. The van der Waals surface area contributed by atoms with Gasteiger partial charge in [0.15, 0.2) is 0 Å². The number of nitrogens with one attached hydrogen (secondary N) is 1. The molecule has 82 heavy (non-hydrogen) atoms. The van der Waals surface area contributed by atoms with Gasteiger partial charge in [0, 0.05) is 12.8 Å². The van der Waals surface area contributed by atoms with Gasteiger partial charge in [-0.05, 0) is 32.1 Å². The van der Waals surface area contributed by atoms with Crippen LogP contribution in [0.2, 0.25) is 0 Å². The lowest BCUT2D eigenvalue weighted by molar-refractivity contribution is -0.143. The molecule has 2 unspecified atom stereocenters. The lowest BCUT2D eigenvalue weighted by Crippen LogP contribution is -2.45. The van der Waals surface area contributed by atoms with Crippen molar-refractivity contribution >= 4 is 11.9 Å². The number of allylic oxidation sites excluding steroid dienone is 1. The summed E-state index contributed by atoms with van der Waals surface area (Å²) in [6.45, 7) is 4.96. The number of unbranched alkanes of at least 4 members (excludes halogenated alkanes) is 61. The van der Waals surface area contributed by atoms with Crippen LogP contribution in [-0.4, -0.2) is 47.4 Å². The first-order valence-electron chi connectivity index (χ1n) is 38.0. The maximum Gasteiger partial charge on any atom is 0.305 e. The summed E-state index contributed by atoms with van der Waals surface area (Å²) in [6, 6.07) is -0.626. The molecule has 0 fully saturated rings. The Morgan fingerprint density at radius 1 is 0.329 bits per heavy atom. The molecule has 0 radical (unpaired) electrons. The highest BCUT2D eigenvalue weighted by atomic mass is 16.5. The molecule has 0 saturated heterocycles. The fourth-order valence-corrected chi connectivity index (χ4v) is 12.3. The van der Waals surface area contributed by atoms with Crippen LogP contribution < -0.4 is 5.32 Å². The first-order valence-corrected chi connectivity index (χ1v) is 38.0. The lowest BCUT2D eigenvalue weighted by atomic mass is 10.0. The second-order valence-corrected chi connectivity index (χ2v) is 26.4. The molecule has 488 valence electrons. The molecule has 0 saturated carbocycles. The maximum absolute atomic E-state index is 12.5. The monoisotopic (exact) mass is 1160 g/mol. The van der Waals surface area contributed by atoms with Gasteiger partial charge >= 0.3 is 5.97 Å². The van der Waals surface area contributed by atoms with Crippen molar-refractivity contribution in [3.05, 3.63) is 12.2 Å². The van der Waals surface area contributed by atoms with Crippen molar-refractivity contribution in [3.63, 3.8) is 0 Å². The summed E-state index contributed by atoms with van der Waals surface area (Å²) in [5.74, 6) is -0.0380. The third-order valence-electron chi connectivity index (χ3n) is 18.1. The smallest absolute Gasteiger partial charge is 0.305 e. The van der Waals surface area contributed by atoms with Gasteiger partial charge in [0.25, 0.3) is 0 Å². The number of carbonyl (C=O) groups excluding carboxylic acids is 2. The fourth-order valence-electron chi connectivity index (χ4n) is 12.3. The number of amides is 1. The lowest BCUT2D eigenvalue weighted by Gasteiger charge is -2.20. The first-order chi connectivity index (χ1) is 40.5. The molecule has 0 spiro atoms. The molecular formula is C76H149NO5. The van der Waals surface area contributed by atoms with Gasteiger partial charge in [0.2, 0.25) is 5.91 Å². The van der Waals surface area contributed by atoms with Crippen molar-refractivity contribution in [2.45, 2.75) is 450 Å². The highest BCUT2D eigenvalue weighted by Crippen LogP contribution is 2.20. The molecule has 0 rings (SSSR count). The maximum atomic E-state index is 12.5. The van der Waals surface area contributed by atoms with Gasteiger partial charge < -0.3 is 20.3 Å². The zero-order valence-corrected chi connectivity index (χ0v) is 56.0. The van der Waals surface area contributed by atoms with Gasteiger partial charge in [-0.15, -0.1) is 0 Å². The van der Waals surface area contributed by atoms with E-state index in [2.05, 4.69) is 19.2 Å². The Balaban J connectivity index is 3.36. The molecule has 0 bridgehead atoms. The van der Waals surface area contributed by atoms with Crippen LogP contribution in [-0.2, 0) is 14.3 Å². The van der Waals surface area contributed by atoms with E-state index in [1.807, 2.05) is 6.08 Å². The molecule has 0 aliphatic heterocycles. The van der Waals surface area contributed by atoms with E-state index in [0.717, 1.165) is 38.5 Å². The van der Waals surface area contributed by atoms with Gasteiger partial charge in [-0.25, -0.2) is 0 Å². The molecule has 0 aliphatic carbocycles. The highest BCUT2D eigenvalue weighted by molar-refractivity contribution is 5.76. The summed E-state index contributed by atoms with van der Waals surface area (Å²) in [4.78, 5) is 24.6. The molecule has 6 nitrogen and oxygen atoms in total. The number of ether oxygens (including phenoxy) is 1. The Kier molecular flexibility index (Phi) is 70.8. The summed E-state index contributed by atoms with van der Waals surface area (Å²) in [7, 11) is 0. The van der Waals surface area contributed by atoms with Crippen LogP contribution in [0.5, 0.6) is 0 Å². The largest absolute Gasteiger partial charge is 0.466 e. The molecule has 2 atom stereocenters. The van der Waals surface area contributed by atoms with E-state index in [9.17, 15) is 19.8 Å². The Bertz CT molecular complexity index is 1240. The average molecular weight is 1160 g/mol. The van der Waals surface area contributed by atoms with E-state index < -0.39 is 12.1 Å². The number of aliphatic hydroxyl groups excluding tert-OH is 2. The minimum absolute atomic E-state index is 0.0219. The second-order valence-electron chi connectivity index (χ2n) is 26.4. The number of rotatable bonds is 72. The fraction of sp³-hybridized carbons (Fsp3) is 0.947. The summed E-state index contributed by atoms with van der Waals surface area (Å²) < 4.78 is 5.50. The van der Waals surface area contributed by atoms with Crippen LogP contribution >= 0.6 is 0 Å². The van der Waals surface area contributed by atoms with Gasteiger partial charge in [0.05, 0.1) is 25.4 Å². The predicted molar refractivity (Wildman–Crippen MR) is 361 cm³/mol. The summed E-state index contributed by atoms with van der Waals surface area (Å²) >= 11 is 0. The van der Waals surface area contributed by atoms with E-state index in [1.165, 1.54) is 372 Å². The molecule has 6 heteroatoms. The topological polar surface area (TPSA) is 95.9 Å². The van der Waals surface area contributed by atoms with Gasteiger partial charge in [-0.2, -0.15) is 0 Å². The molecule has 1 amide bonds. The Morgan fingerprint density at radius 2 is 0.561 bits per heavy atom. The van der Waals surface area contributed by atoms with Gasteiger partial charge in [0.1, 0.15) is 0 Å². The molecular weight excluding hydrogens is 1010 g/mol. The van der Waals surface area contributed by atoms with Crippen molar-refractivity contribution in [1.82, 2.24) is 5.32 Å². The minimum atomic E-state index is -0.843. The molecule has 0 aliphatic rings. The van der Waals surface area contributed by atoms with E-state index in [0.29, 0.717) is 19.4 Å². The van der Waals surface area contributed by atoms with Crippen LogP contribution in [0.4, 0.5) is 0 Å². The number of hydrogen-bond donors (Lipinski definition) is 3. The van der Waals surface area contributed by atoms with E-state index >= 15 is 0 Å². The van der Waals surface area contributed by atoms with Crippen LogP contribution in [0.15, 0.2) is 12.2 Å². The van der Waals surface area contributed by atoms with E-state index in [1.54, 1.807) is 6.08 Å². The summed E-state index contributed by atoms with van der Waals surface area (Å²) in [6.07, 6.45) is 90.3. The van der Waals surface area contributed by atoms with Crippen LogP contribution in [0.3, 0.4) is 0 Å². The first kappa shape index (κ1) is 80.6. The molecule has 3 N–H and O–H groups in total. The third-order valence-corrected chi connectivity index (χ3v) is 18.1. The standard InChI is InChI=1S/C76H149NO5/c1-3-5-7-9-11-13-15-17-19-20-21-22-28-31-34-37-41-44-48-52-56-60-64-68-74(79)73(72-78)77-75(80)69-65-61-57-53-49-45-42-38-35-32-29-26-24-23-25-27-30-33-36-39-43-47-51-55-59-63-67-71-82-76(81)70-66-62-58-54-50-46-40-18-16-14-12-10-8-6-4-2/h64,68,73-74,78-79H,3-63,65-67,69-72H2,1-2H3,(H,77,80)/b68-64+. The van der Waals surface area contributed by atoms with Crippen molar-refractivity contribution in [1.29, 1.82) is 0 Å². The van der Waals surface area contributed by atoms with Crippen LogP contribution in [0, 0.1) is 0 Å². The van der Waals surface area contributed by atoms with Gasteiger partial charge in [-0.1, -0.05) is 405 Å². The van der Waals surface area contributed by atoms with Crippen LogP contribution in [0.1, 0.15) is 438 Å². The highest BCUT2D eigenvalue weighted by Gasteiger charge is 2.18. The quantitative estimate of drug-likeness (QED) is 0.0320. The average Bonchev–Trinajstić information content (AvgIpc) is 3.48. The number of hydrogen-bond acceptors (Lipinski definition) is 5. The zero-order valence-electron chi connectivity index (χ0n) is 56.0. The van der Waals surface area contributed by atoms with Crippen molar-refractivity contribution in [2.75, 3.05) is 13.2 Å². The summed E-state index contributed by atoms with van der Waals surface area (Å²) in [5, 5.41) is 23.3. The van der Waals surface area contributed by atoms with Crippen LogP contribution in [0.25, 0.3) is 0 Å². The summed E-state index contributed by atoms with van der Waals surface area (Å²) in [5.41, 5.74) is 0. The minimum Gasteiger partial charge on any atom is -0.466 e. The number of carbonyl (C=O) groups is 2. The molecule has 0 aromatic heterocycles. The Morgan fingerprint density at radius 3 is 0.829 bits per heavy atom. The number of aliphatic hydroxyl groups is 2. The Labute approximate surface area is 514 Å². The van der Waals surface area contributed by atoms with Gasteiger partial charge in [-0.3, -0.25) is 9.59 Å². The normalized spacial score (nSPS) is 12.5. The zero-order chi connectivity index (χ0) is 59.2. The molecule has 0 aromatic rings. The van der Waals surface area contributed by atoms with E-state index in [-0.39, 0.29) is 18.5 Å². The second kappa shape index (κ2) is 72.1. The van der Waals surface area contributed by atoms with Crippen molar-refractivity contribution < 1.29 is 24.5 Å². The van der Waals surface area contributed by atoms with E-state index in [4.69, 9.17) is 4.74 Å². The SMILES string of the molecule is CCCCCCCCCCCCCCCCCCCCCCC/C=C/C(O)C(CO)NC(=O)CCCCCCCCCCCCCCCCCCCCCCCCCCCCCOC(=O)CCCCCCCCCCCCCCCCC. The van der Waals surface area contributed by atoms with Crippen molar-refractivity contribution in [3.8, 4) is 0 Å². The predicted octanol–water partition coefficient (Wildman–Crippen LogP) is 24.7. The third kappa shape index (κ3) is 67.7.